The maximum atomic E-state index is 4.82. The Morgan fingerprint density at radius 2 is 1.79 bits per heavy atom. The molecule has 5 heteroatoms. The molecule has 0 unspecified atom stereocenters. The summed E-state index contributed by atoms with van der Waals surface area (Å²) in [5.41, 5.74) is 3.84. The van der Waals surface area contributed by atoms with E-state index in [1.165, 1.54) is 11.1 Å². The quantitative estimate of drug-likeness (QED) is 0.765. The van der Waals surface area contributed by atoms with Crippen LogP contribution in [0.25, 0.3) is 0 Å². The number of hydrogen-bond donors (Lipinski definition) is 1. The minimum absolute atomic E-state index is 0.359. The minimum Gasteiger partial charge on any atom is -0.356 e. The number of hydrogen-bond acceptors (Lipinski definition) is 5. The summed E-state index contributed by atoms with van der Waals surface area (Å²) in [7, 11) is 4.34. The lowest BCUT2D eigenvalue weighted by Gasteiger charge is -2.35. The average Bonchev–Trinajstić information content (AvgIpc) is 2.69. The number of nitrogens with zero attached hydrogens (tertiary/aromatic N) is 4. The van der Waals surface area contributed by atoms with Gasteiger partial charge in [-0.3, -0.25) is 0 Å². The summed E-state index contributed by atoms with van der Waals surface area (Å²) < 4.78 is 0. The summed E-state index contributed by atoms with van der Waals surface area (Å²) >= 11 is 0. The SMILES string of the molecule is Cc1cc(N2CCC(NC[C@@H](c3ccccc3C)N(C)C)CC2)nc(C(C)C)n1. The molecular formula is C24H37N5. The third-order valence-electron chi connectivity index (χ3n) is 5.96. The zero-order chi connectivity index (χ0) is 21.0. The molecule has 0 bridgehead atoms. The van der Waals surface area contributed by atoms with E-state index in [9.17, 15) is 0 Å². The molecule has 0 radical (unpaired) electrons. The molecule has 29 heavy (non-hydrogen) atoms. The molecule has 1 saturated heterocycles. The average molecular weight is 396 g/mol. The highest BCUT2D eigenvalue weighted by atomic mass is 15.2. The standard InChI is InChI=1S/C24H37N5/c1-17(2)24-26-19(4)15-23(27-24)29-13-11-20(12-14-29)25-16-22(28(5)6)21-10-8-7-9-18(21)3/h7-10,15,17,20,22,25H,11-14,16H2,1-6H3/t22-/m0/s1. The van der Waals surface area contributed by atoms with Gasteiger partial charge in [0.15, 0.2) is 0 Å². The molecule has 3 rings (SSSR count). The first-order valence-corrected chi connectivity index (χ1v) is 10.9. The van der Waals surface area contributed by atoms with Crippen LogP contribution in [0.5, 0.6) is 0 Å². The molecule has 1 atom stereocenters. The molecule has 0 aliphatic carbocycles. The summed E-state index contributed by atoms with van der Waals surface area (Å²) in [6.45, 7) is 11.7. The van der Waals surface area contributed by atoms with Crippen molar-refractivity contribution in [2.75, 3.05) is 38.6 Å². The number of piperidine rings is 1. The van der Waals surface area contributed by atoms with Crippen molar-refractivity contribution < 1.29 is 0 Å². The third-order valence-corrected chi connectivity index (χ3v) is 5.96. The second-order valence-electron chi connectivity index (χ2n) is 8.89. The van der Waals surface area contributed by atoms with Crippen LogP contribution in [0.3, 0.4) is 0 Å². The van der Waals surface area contributed by atoms with E-state index in [-0.39, 0.29) is 0 Å². The molecule has 0 amide bonds. The van der Waals surface area contributed by atoms with Crippen molar-refractivity contribution in [2.24, 2.45) is 0 Å². The highest BCUT2D eigenvalue weighted by molar-refractivity contribution is 5.40. The Hall–Kier alpha value is -1.98. The first-order valence-electron chi connectivity index (χ1n) is 10.9. The fraction of sp³-hybridized carbons (Fsp3) is 0.583. The number of anilines is 1. The van der Waals surface area contributed by atoms with Crippen LogP contribution < -0.4 is 10.2 Å². The van der Waals surface area contributed by atoms with Crippen molar-refractivity contribution in [1.29, 1.82) is 0 Å². The topological polar surface area (TPSA) is 44.3 Å². The second kappa shape index (κ2) is 9.68. The van der Waals surface area contributed by atoms with Gasteiger partial charge in [0, 0.05) is 49.4 Å². The fourth-order valence-corrected chi connectivity index (χ4v) is 4.12. The first-order chi connectivity index (χ1) is 13.8. The Balaban J connectivity index is 1.58. The summed E-state index contributed by atoms with van der Waals surface area (Å²) in [5.74, 6) is 2.40. The summed E-state index contributed by atoms with van der Waals surface area (Å²) in [6.07, 6.45) is 2.29. The van der Waals surface area contributed by atoms with Gasteiger partial charge in [-0.2, -0.15) is 0 Å². The molecule has 1 aliphatic rings. The molecule has 5 nitrogen and oxygen atoms in total. The highest BCUT2D eigenvalue weighted by Gasteiger charge is 2.23. The van der Waals surface area contributed by atoms with Gasteiger partial charge in [-0.15, -0.1) is 0 Å². The van der Waals surface area contributed by atoms with Crippen molar-refractivity contribution in [3.05, 3.63) is 53.0 Å². The predicted octanol–water partition coefficient (Wildman–Crippen LogP) is 4.08. The summed E-state index contributed by atoms with van der Waals surface area (Å²) in [5, 5.41) is 3.84. The van der Waals surface area contributed by atoms with Gasteiger partial charge in [0.25, 0.3) is 0 Å². The van der Waals surface area contributed by atoms with E-state index in [1.54, 1.807) is 0 Å². The molecule has 2 heterocycles. The van der Waals surface area contributed by atoms with Crippen molar-refractivity contribution >= 4 is 5.82 Å². The first kappa shape index (κ1) is 21.7. The number of benzene rings is 1. The van der Waals surface area contributed by atoms with Gasteiger partial charge in [-0.05, 0) is 51.9 Å². The molecule has 1 aromatic heterocycles. The highest BCUT2D eigenvalue weighted by Crippen LogP contribution is 2.24. The smallest absolute Gasteiger partial charge is 0.133 e. The molecule has 1 aliphatic heterocycles. The molecule has 158 valence electrons. The van der Waals surface area contributed by atoms with Gasteiger partial charge in [-0.25, -0.2) is 9.97 Å². The Labute approximate surface area is 176 Å². The molecule has 2 aromatic rings. The Morgan fingerprint density at radius 1 is 1.10 bits per heavy atom. The number of rotatable bonds is 7. The second-order valence-corrected chi connectivity index (χ2v) is 8.89. The van der Waals surface area contributed by atoms with Crippen LogP contribution in [0.2, 0.25) is 0 Å². The van der Waals surface area contributed by atoms with Crippen molar-refractivity contribution in [2.45, 2.75) is 58.5 Å². The molecule has 1 N–H and O–H groups in total. The van der Waals surface area contributed by atoms with Crippen molar-refractivity contribution in [1.82, 2.24) is 20.2 Å². The normalized spacial score (nSPS) is 16.6. The van der Waals surface area contributed by atoms with Crippen LogP contribution in [0.1, 0.15) is 61.3 Å². The van der Waals surface area contributed by atoms with Crippen LogP contribution in [0, 0.1) is 13.8 Å². The van der Waals surface area contributed by atoms with Gasteiger partial charge in [0.1, 0.15) is 11.6 Å². The maximum absolute atomic E-state index is 4.82. The van der Waals surface area contributed by atoms with E-state index in [0.29, 0.717) is 18.0 Å². The molecule has 0 saturated carbocycles. The van der Waals surface area contributed by atoms with Crippen molar-refractivity contribution in [3.63, 3.8) is 0 Å². The van der Waals surface area contributed by atoms with E-state index in [1.807, 2.05) is 0 Å². The Kier molecular flexibility index (Phi) is 7.25. The molecule has 0 spiro atoms. The van der Waals surface area contributed by atoms with Crippen LogP contribution in [-0.2, 0) is 0 Å². The van der Waals surface area contributed by atoms with Gasteiger partial charge in [0.05, 0.1) is 0 Å². The van der Waals surface area contributed by atoms with E-state index < -0.39 is 0 Å². The summed E-state index contributed by atoms with van der Waals surface area (Å²) in [6, 6.07) is 11.8. The van der Waals surface area contributed by atoms with Gasteiger partial charge < -0.3 is 15.1 Å². The Morgan fingerprint density at radius 3 is 2.41 bits per heavy atom. The molecule has 1 aromatic carbocycles. The van der Waals surface area contributed by atoms with Crippen LogP contribution >= 0.6 is 0 Å². The number of aromatic nitrogens is 2. The maximum Gasteiger partial charge on any atom is 0.133 e. The Bertz CT molecular complexity index is 794. The monoisotopic (exact) mass is 395 g/mol. The lowest BCUT2D eigenvalue weighted by Crippen LogP contribution is -2.45. The fourth-order valence-electron chi connectivity index (χ4n) is 4.12. The van der Waals surface area contributed by atoms with Crippen LogP contribution in [0.4, 0.5) is 5.82 Å². The lowest BCUT2D eigenvalue weighted by atomic mass is 9.99. The minimum atomic E-state index is 0.359. The largest absolute Gasteiger partial charge is 0.356 e. The predicted molar refractivity (Wildman–Crippen MR) is 122 cm³/mol. The van der Waals surface area contributed by atoms with E-state index in [0.717, 1.165) is 49.8 Å². The number of nitrogens with one attached hydrogen (secondary N) is 1. The van der Waals surface area contributed by atoms with Gasteiger partial charge in [0.2, 0.25) is 0 Å². The van der Waals surface area contributed by atoms with Gasteiger partial charge in [-0.1, -0.05) is 38.1 Å². The van der Waals surface area contributed by atoms with E-state index in [2.05, 4.69) is 92.2 Å². The lowest BCUT2D eigenvalue weighted by molar-refractivity contribution is 0.270. The van der Waals surface area contributed by atoms with Crippen LogP contribution in [-0.4, -0.2) is 54.6 Å². The third kappa shape index (κ3) is 5.55. The molecule has 1 fully saturated rings. The zero-order valence-corrected chi connectivity index (χ0v) is 18.9. The molecular weight excluding hydrogens is 358 g/mol. The number of likely N-dealkylation sites (N-methyl/N-ethyl adjacent to an activating group) is 1. The van der Waals surface area contributed by atoms with E-state index >= 15 is 0 Å². The van der Waals surface area contributed by atoms with Crippen molar-refractivity contribution in [3.8, 4) is 0 Å². The van der Waals surface area contributed by atoms with E-state index in [4.69, 9.17) is 4.98 Å². The van der Waals surface area contributed by atoms with Gasteiger partial charge >= 0.3 is 0 Å². The number of aryl methyl sites for hydroxylation is 2. The van der Waals surface area contributed by atoms with Crippen LogP contribution in [0.15, 0.2) is 30.3 Å². The zero-order valence-electron chi connectivity index (χ0n) is 18.9. The summed E-state index contributed by atoms with van der Waals surface area (Å²) in [4.78, 5) is 14.1.